The highest BCUT2D eigenvalue weighted by Gasteiger charge is 2.08. The van der Waals surface area contributed by atoms with Crippen LogP contribution in [0.2, 0.25) is 0 Å². The largest absolute Gasteiger partial charge is 0.469 e. The molecule has 0 bridgehead atoms. The van der Waals surface area contributed by atoms with Crippen molar-refractivity contribution in [3.63, 3.8) is 0 Å². The maximum Gasteiger partial charge on any atom is 0.305 e. The summed E-state index contributed by atoms with van der Waals surface area (Å²) in [6.07, 6.45) is 0.725. The predicted molar refractivity (Wildman–Crippen MR) is 67.7 cm³/mol. The zero-order chi connectivity index (χ0) is 13.5. The van der Waals surface area contributed by atoms with Gasteiger partial charge in [0.15, 0.2) is 0 Å². The smallest absolute Gasteiger partial charge is 0.305 e. The molecule has 18 heavy (non-hydrogen) atoms. The van der Waals surface area contributed by atoms with Gasteiger partial charge in [-0.2, -0.15) is 0 Å². The van der Waals surface area contributed by atoms with Gasteiger partial charge in [-0.3, -0.25) is 9.59 Å². The molecular weight excluding hydrogens is 305 g/mol. The van der Waals surface area contributed by atoms with Gasteiger partial charge in [0.2, 0.25) is 0 Å². The molecule has 0 fully saturated rings. The standard InChI is InChI=1S/C12H13BrFNO3/c1-18-11(16)3-2-6-15-12(17)8-4-5-9(13)10(14)7-8/h4-5,7H,2-3,6H2,1H3,(H,15,17). The van der Waals surface area contributed by atoms with E-state index in [9.17, 15) is 14.0 Å². The molecule has 0 radical (unpaired) electrons. The summed E-state index contributed by atoms with van der Waals surface area (Å²) < 4.78 is 18.0. The van der Waals surface area contributed by atoms with Gasteiger partial charge >= 0.3 is 5.97 Å². The van der Waals surface area contributed by atoms with Crippen molar-refractivity contribution in [2.24, 2.45) is 0 Å². The number of methoxy groups -OCH3 is 1. The molecule has 6 heteroatoms. The van der Waals surface area contributed by atoms with Crippen LogP contribution in [-0.2, 0) is 9.53 Å². The lowest BCUT2D eigenvalue weighted by Gasteiger charge is -2.05. The molecule has 1 amide bonds. The molecule has 1 aromatic carbocycles. The zero-order valence-electron chi connectivity index (χ0n) is 9.83. The van der Waals surface area contributed by atoms with Gasteiger partial charge in [0, 0.05) is 18.5 Å². The van der Waals surface area contributed by atoms with E-state index in [0.717, 1.165) is 6.07 Å². The molecule has 4 nitrogen and oxygen atoms in total. The molecule has 1 N–H and O–H groups in total. The van der Waals surface area contributed by atoms with E-state index in [0.29, 0.717) is 17.4 Å². The van der Waals surface area contributed by atoms with Crippen molar-refractivity contribution in [1.82, 2.24) is 5.32 Å². The molecule has 1 rings (SSSR count). The van der Waals surface area contributed by atoms with Crippen LogP contribution in [0, 0.1) is 5.82 Å². The van der Waals surface area contributed by atoms with Crippen molar-refractivity contribution in [2.75, 3.05) is 13.7 Å². The third kappa shape index (κ3) is 4.44. The molecule has 0 heterocycles. The Kier molecular flexibility index (Phi) is 5.77. The minimum atomic E-state index is -0.489. The second-order valence-electron chi connectivity index (χ2n) is 3.56. The van der Waals surface area contributed by atoms with Crippen LogP contribution in [0.5, 0.6) is 0 Å². The van der Waals surface area contributed by atoms with E-state index in [1.54, 1.807) is 0 Å². The number of hydrogen-bond acceptors (Lipinski definition) is 3. The fourth-order valence-electron chi connectivity index (χ4n) is 1.28. The fourth-order valence-corrected chi connectivity index (χ4v) is 1.52. The predicted octanol–water partition coefficient (Wildman–Crippen LogP) is 2.27. The van der Waals surface area contributed by atoms with E-state index >= 15 is 0 Å². The van der Waals surface area contributed by atoms with Crippen LogP contribution < -0.4 is 5.32 Å². The van der Waals surface area contributed by atoms with Crippen LogP contribution in [0.25, 0.3) is 0 Å². The summed E-state index contributed by atoms with van der Waals surface area (Å²) in [5.41, 5.74) is 0.244. The number of nitrogens with one attached hydrogen (secondary N) is 1. The van der Waals surface area contributed by atoms with Crippen LogP contribution in [0.1, 0.15) is 23.2 Å². The first-order chi connectivity index (χ1) is 8.54. The number of carbonyl (C=O) groups excluding carboxylic acids is 2. The number of benzene rings is 1. The van der Waals surface area contributed by atoms with Crippen LogP contribution in [-0.4, -0.2) is 25.5 Å². The lowest BCUT2D eigenvalue weighted by molar-refractivity contribution is -0.140. The van der Waals surface area contributed by atoms with Crippen LogP contribution in [0.4, 0.5) is 4.39 Å². The summed E-state index contributed by atoms with van der Waals surface area (Å²) in [6.45, 7) is 0.339. The lowest BCUT2D eigenvalue weighted by Crippen LogP contribution is -2.25. The molecule has 0 aliphatic carbocycles. The maximum absolute atomic E-state index is 13.2. The monoisotopic (exact) mass is 317 g/mol. The molecule has 0 atom stereocenters. The summed E-state index contributed by atoms with van der Waals surface area (Å²) in [5, 5.41) is 2.60. The minimum absolute atomic E-state index is 0.242. The van der Waals surface area contributed by atoms with Crippen molar-refractivity contribution in [3.05, 3.63) is 34.1 Å². The van der Waals surface area contributed by atoms with Gasteiger partial charge in [-0.05, 0) is 40.5 Å². The molecule has 98 valence electrons. The van der Waals surface area contributed by atoms with Gasteiger partial charge in [-0.1, -0.05) is 0 Å². The van der Waals surface area contributed by atoms with Gasteiger partial charge < -0.3 is 10.1 Å². The van der Waals surface area contributed by atoms with Crippen molar-refractivity contribution >= 4 is 27.8 Å². The van der Waals surface area contributed by atoms with Crippen molar-refractivity contribution in [1.29, 1.82) is 0 Å². The Balaban J connectivity index is 2.41. The van der Waals surface area contributed by atoms with Gasteiger partial charge in [0.25, 0.3) is 5.91 Å². The van der Waals surface area contributed by atoms with E-state index in [4.69, 9.17) is 0 Å². The summed E-state index contributed by atoms with van der Waals surface area (Å²) in [4.78, 5) is 22.4. The summed E-state index contributed by atoms with van der Waals surface area (Å²) in [7, 11) is 1.31. The first-order valence-electron chi connectivity index (χ1n) is 5.34. The molecule has 0 saturated carbocycles. The highest BCUT2D eigenvalue weighted by atomic mass is 79.9. The van der Waals surface area contributed by atoms with E-state index < -0.39 is 5.82 Å². The maximum atomic E-state index is 13.2. The van der Waals surface area contributed by atoms with Crippen LogP contribution in [0.3, 0.4) is 0 Å². The molecule has 0 aliphatic rings. The van der Waals surface area contributed by atoms with E-state index in [1.807, 2.05) is 0 Å². The number of ether oxygens (including phenoxy) is 1. The molecule has 0 saturated heterocycles. The fraction of sp³-hybridized carbons (Fsp3) is 0.333. The van der Waals surface area contributed by atoms with Gasteiger partial charge in [0.05, 0.1) is 11.6 Å². The Morgan fingerprint density at radius 2 is 2.17 bits per heavy atom. The minimum Gasteiger partial charge on any atom is -0.469 e. The molecule has 0 aromatic heterocycles. The number of carbonyl (C=O) groups is 2. The lowest BCUT2D eigenvalue weighted by atomic mass is 10.2. The van der Waals surface area contributed by atoms with Gasteiger partial charge in [-0.25, -0.2) is 4.39 Å². The van der Waals surface area contributed by atoms with Gasteiger partial charge in [0.1, 0.15) is 5.82 Å². The first-order valence-corrected chi connectivity index (χ1v) is 6.14. The molecule has 0 unspecified atom stereocenters. The normalized spacial score (nSPS) is 9.94. The number of amides is 1. The second kappa shape index (κ2) is 7.10. The van der Waals surface area contributed by atoms with Crippen molar-refractivity contribution in [2.45, 2.75) is 12.8 Å². The Morgan fingerprint density at radius 1 is 1.44 bits per heavy atom. The molecule has 1 aromatic rings. The van der Waals surface area contributed by atoms with Crippen molar-refractivity contribution < 1.29 is 18.7 Å². The number of esters is 1. The highest BCUT2D eigenvalue weighted by Crippen LogP contribution is 2.16. The average Bonchev–Trinajstić information content (AvgIpc) is 2.37. The van der Waals surface area contributed by atoms with E-state index in [1.165, 1.54) is 19.2 Å². The van der Waals surface area contributed by atoms with Crippen LogP contribution >= 0.6 is 15.9 Å². The number of halogens is 2. The Bertz CT molecular complexity index is 451. The second-order valence-corrected chi connectivity index (χ2v) is 4.42. The third-order valence-corrected chi connectivity index (χ3v) is 2.90. The summed E-state index contributed by atoms with van der Waals surface area (Å²) >= 11 is 3.01. The van der Waals surface area contributed by atoms with Crippen LogP contribution in [0.15, 0.2) is 22.7 Å². The zero-order valence-corrected chi connectivity index (χ0v) is 11.4. The van der Waals surface area contributed by atoms with Gasteiger partial charge in [-0.15, -0.1) is 0 Å². The van der Waals surface area contributed by atoms with E-state index in [2.05, 4.69) is 26.0 Å². The molecule has 0 aliphatic heterocycles. The van der Waals surface area contributed by atoms with Crippen molar-refractivity contribution in [3.8, 4) is 0 Å². The highest BCUT2D eigenvalue weighted by molar-refractivity contribution is 9.10. The number of hydrogen-bond donors (Lipinski definition) is 1. The molecule has 0 spiro atoms. The summed E-state index contributed by atoms with van der Waals surface area (Å²) in [5.74, 6) is -1.18. The Hall–Kier alpha value is -1.43. The number of rotatable bonds is 5. The Labute approximate surface area is 113 Å². The SMILES string of the molecule is COC(=O)CCCNC(=O)c1ccc(Br)c(F)c1. The topological polar surface area (TPSA) is 55.4 Å². The third-order valence-electron chi connectivity index (χ3n) is 2.25. The first kappa shape index (κ1) is 14.6. The quantitative estimate of drug-likeness (QED) is 0.669. The molecular formula is C12H13BrFNO3. The van der Waals surface area contributed by atoms with E-state index in [-0.39, 0.29) is 23.9 Å². The Morgan fingerprint density at radius 3 is 2.78 bits per heavy atom. The summed E-state index contributed by atoms with van der Waals surface area (Å²) in [6, 6.07) is 4.14. The average molecular weight is 318 g/mol.